The lowest BCUT2D eigenvalue weighted by Gasteiger charge is -2.27. The average molecular weight is 541 g/mol. The molecular weight excluding hydrogens is 492 g/mol. The summed E-state index contributed by atoms with van der Waals surface area (Å²) in [5.41, 5.74) is 0. The van der Waals surface area contributed by atoms with Crippen LogP contribution in [0.25, 0.3) is 0 Å². The van der Waals surface area contributed by atoms with E-state index in [-0.39, 0.29) is 29.9 Å². The maximum Gasteiger partial charge on any atom is 0.314 e. The lowest BCUT2D eigenvalue weighted by Crippen LogP contribution is -2.30. The second-order valence-electron chi connectivity index (χ2n) is 11.1. The Morgan fingerprint density at radius 2 is 0.974 bits per heavy atom. The maximum absolute atomic E-state index is 12.6. The first-order chi connectivity index (χ1) is 19.1. The predicted molar refractivity (Wildman–Crippen MR) is 153 cm³/mol. The summed E-state index contributed by atoms with van der Waals surface area (Å²) >= 11 is 0. The highest BCUT2D eigenvalue weighted by Crippen LogP contribution is 2.29. The number of esters is 3. The molecule has 6 nitrogen and oxygen atoms in total. The van der Waals surface area contributed by atoms with Gasteiger partial charge in [0.25, 0.3) is 0 Å². The summed E-state index contributed by atoms with van der Waals surface area (Å²) in [6, 6.07) is 6.64. The van der Waals surface area contributed by atoms with Crippen molar-refractivity contribution in [3.63, 3.8) is 0 Å². The average Bonchev–Trinajstić information content (AvgIpc) is 2.93. The van der Waals surface area contributed by atoms with Gasteiger partial charge in [-0.1, -0.05) is 63.5 Å². The zero-order valence-corrected chi connectivity index (χ0v) is 23.7. The minimum absolute atomic E-state index is 0.0995. The van der Waals surface area contributed by atoms with Crippen LogP contribution in [0.3, 0.4) is 0 Å². The fraction of sp³-hybridized carbons (Fsp3) is 0.667. The first-order valence-corrected chi connectivity index (χ1v) is 15.5. The summed E-state index contributed by atoms with van der Waals surface area (Å²) in [6.45, 7) is 0. The molecule has 1 aromatic rings. The first kappa shape index (κ1) is 30.9. The lowest BCUT2D eigenvalue weighted by atomic mass is 9.87. The van der Waals surface area contributed by atoms with E-state index in [0.29, 0.717) is 50.0 Å². The van der Waals surface area contributed by atoms with Crippen molar-refractivity contribution in [1.82, 2.24) is 0 Å². The molecule has 4 bridgehead atoms. The molecular formula is C33H48O6. The molecule has 1 aliphatic carbocycles. The van der Waals surface area contributed by atoms with E-state index in [4.69, 9.17) is 14.2 Å². The van der Waals surface area contributed by atoms with Crippen molar-refractivity contribution in [2.24, 2.45) is 5.92 Å². The van der Waals surface area contributed by atoms with Crippen molar-refractivity contribution >= 4 is 17.9 Å². The Balaban J connectivity index is 1.44. The molecule has 0 N–H and O–H groups in total. The number of hydrogen-bond donors (Lipinski definition) is 0. The van der Waals surface area contributed by atoms with Gasteiger partial charge in [0, 0.05) is 12.8 Å². The third-order valence-corrected chi connectivity index (χ3v) is 7.75. The minimum Gasteiger partial charge on any atom is -0.462 e. The van der Waals surface area contributed by atoms with Crippen molar-refractivity contribution in [1.29, 1.82) is 0 Å². The summed E-state index contributed by atoms with van der Waals surface area (Å²) in [6.07, 6.45) is 24.0. The largest absolute Gasteiger partial charge is 0.462 e. The molecule has 1 saturated carbocycles. The van der Waals surface area contributed by atoms with Gasteiger partial charge in [0.05, 0.1) is 5.92 Å². The Morgan fingerprint density at radius 1 is 0.513 bits per heavy atom. The number of carbonyl (C=O) groups excluding carboxylic acids is 3. The van der Waals surface area contributed by atoms with Gasteiger partial charge in [0.2, 0.25) is 0 Å². The van der Waals surface area contributed by atoms with Gasteiger partial charge in [-0.3, -0.25) is 14.4 Å². The van der Waals surface area contributed by atoms with Crippen LogP contribution in [0, 0.1) is 5.92 Å². The van der Waals surface area contributed by atoms with Gasteiger partial charge in [-0.05, 0) is 88.5 Å². The molecule has 0 spiro atoms. The molecule has 3 heterocycles. The molecule has 1 fully saturated rings. The molecule has 0 saturated heterocycles. The van der Waals surface area contributed by atoms with Crippen molar-refractivity contribution in [3.8, 4) is 11.5 Å². The van der Waals surface area contributed by atoms with Gasteiger partial charge in [0.1, 0.15) is 17.6 Å². The molecule has 0 unspecified atom stereocenters. The van der Waals surface area contributed by atoms with Gasteiger partial charge in [0.15, 0.2) is 0 Å². The molecule has 6 heteroatoms. The Hall–Kier alpha value is -2.63. The molecule has 0 radical (unpaired) electrons. The van der Waals surface area contributed by atoms with Crippen molar-refractivity contribution in [2.75, 3.05) is 0 Å². The number of benzene rings is 1. The number of allylic oxidation sites excluding steroid dienone is 2. The Kier molecular flexibility index (Phi) is 14.8. The zero-order valence-electron chi connectivity index (χ0n) is 23.7. The monoisotopic (exact) mass is 540 g/mol. The first-order valence-electron chi connectivity index (χ1n) is 15.5. The summed E-state index contributed by atoms with van der Waals surface area (Å²) < 4.78 is 16.7. The SMILES string of the molecule is O=C1CCCCCCCC/C=C\CCCCCCCCC(=O)OC2CCC(CC2)C(=O)Oc2ccc(cc2)O1. The maximum atomic E-state index is 12.6. The highest BCUT2D eigenvalue weighted by Gasteiger charge is 2.29. The standard InChI is InChI=1S/C33H48O6/c34-31-17-15-13-11-9-7-5-3-1-2-4-6-8-10-12-14-16-18-32(35)38-29-23-25-30(26-24-29)39-33(36)27-19-21-28(37-31)22-20-27/h1-2,23-28H,3-22H2/b2-1-. The second kappa shape index (κ2) is 18.6. The quantitative estimate of drug-likeness (QED) is 0.187. The number of hydrogen-bond acceptors (Lipinski definition) is 6. The van der Waals surface area contributed by atoms with Crippen LogP contribution in [0.2, 0.25) is 0 Å². The van der Waals surface area contributed by atoms with E-state index >= 15 is 0 Å². The van der Waals surface area contributed by atoms with Crippen LogP contribution >= 0.6 is 0 Å². The van der Waals surface area contributed by atoms with Gasteiger partial charge in [-0.25, -0.2) is 0 Å². The van der Waals surface area contributed by atoms with E-state index in [2.05, 4.69) is 12.2 Å². The lowest BCUT2D eigenvalue weighted by molar-refractivity contribution is -0.152. The van der Waals surface area contributed by atoms with Crippen LogP contribution in [0.1, 0.15) is 128 Å². The van der Waals surface area contributed by atoms with E-state index in [0.717, 1.165) is 44.9 Å². The minimum atomic E-state index is -0.258. The van der Waals surface area contributed by atoms with Crippen molar-refractivity contribution in [3.05, 3.63) is 36.4 Å². The van der Waals surface area contributed by atoms with Crippen molar-refractivity contribution in [2.45, 2.75) is 135 Å². The number of ether oxygens (including phenoxy) is 3. The molecule has 216 valence electrons. The highest BCUT2D eigenvalue weighted by molar-refractivity contribution is 5.75. The van der Waals surface area contributed by atoms with Crippen LogP contribution in [0.5, 0.6) is 11.5 Å². The third-order valence-electron chi connectivity index (χ3n) is 7.75. The summed E-state index contributed by atoms with van der Waals surface area (Å²) in [4.78, 5) is 37.1. The Labute approximate surface area is 234 Å². The molecule has 5 rings (SSSR count). The molecule has 0 amide bonds. The normalized spacial score (nSPS) is 25.4. The molecule has 4 aliphatic rings. The molecule has 0 aromatic heterocycles. The van der Waals surface area contributed by atoms with E-state index in [1.807, 2.05) is 0 Å². The van der Waals surface area contributed by atoms with Crippen LogP contribution < -0.4 is 9.47 Å². The number of carbonyl (C=O) groups is 3. The molecule has 3 aliphatic heterocycles. The number of rotatable bonds is 0. The van der Waals surface area contributed by atoms with Gasteiger partial charge >= 0.3 is 17.9 Å². The molecule has 39 heavy (non-hydrogen) atoms. The second-order valence-corrected chi connectivity index (χ2v) is 11.1. The van der Waals surface area contributed by atoms with E-state index in [1.54, 1.807) is 24.3 Å². The Morgan fingerprint density at radius 3 is 1.54 bits per heavy atom. The highest BCUT2D eigenvalue weighted by atomic mass is 16.5. The Bertz CT molecular complexity index is 882. The third kappa shape index (κ3) is 13.3. The van der Waals surface area contributed by atoms with E-state index in [1.165, 1.54) is 44.9 Å². The van der Waals surface area contributed by atoms with Crippen molar-refractivity contribution < 1.29 is 28.6 Å². The van der Waals surface area contributed by atoms with Crippen LogP contribution in [0.4, 0.5) is 0 Å². The van der Waals surface area contributed by atoms with Gasteiger partial charge < -0.3 is 14.2 Å². The predicted octanol–water partition coefficient (Wildman–Crippen LogP) is 8.41. The zero-order chi connectivity index (χ0) is 27.5. The summed E-state index contributed by atoms with van der Waals surface area (Å²) in [7, 11) is 0. The van der Waals surface area contributed by atoms with E-state index < -0.39 is 0 Å². The summed E-state index contributed by atoms with van der Waals surface area (Å²) in [5, 5.41) is 0. The molecule has 1 aromatic carbocycles. The molecule has 0 atom stereocenters. The van der Waals surface area contributed by atoms with E-state index in [9.17, 15) is 14.4 Å². The number of fused-ring (bicyclic) bond motifs is 2. The van der Waals surface area contributed by atoms with Crippen LogP contribution in [0.15, 0.2) is 36.4 Å². The fourth-order valence-corrected chi connectivity index (χ4v) is 5.33. The topological polar surface area (TPSA) is 78.9 Å². The smallest absolute Gasteiger partial charge is 0.314 e. The van der Waals surface area contributed by atoms with Gasteiger partial charge in [-0.15, -0.1) is 0 Å². The van der Waals surface area contributed by atoms with Gasteiger partial charge in [-0.2, -0.15) is 0 Å². The van der Waals surface area contributed by atoms with Crippen LogP contribution in [-0.4, -0.2) is 24.0 Å². The summed E-state index contributed by atoms with van der Waals surface area (Å²) in [5.74, 6) is 0.107. The van der Waals surface area contributed by atoms with Crippen LogP contribution in [-0.2, 0) is 19.1 Å². The fourth-order valence-electron chi connectivity index (χ4n) is 5.33.